The van der Waals surface area contributed by atoms with Crippen LogP contribution in [-0.4, -0.2) is 10.1 Å². The minimum Gasteiger partial charge on any atom is -0.507 e. The maximum Gasteiger partial charge on any atom is 0.255 e. The molecule has 25 heavy (non-hydrogen) atoms. The summed E-state index contributed by atoms with van der Waals surface area (Å²) in [7, 11) is 0. The lowest BCUT2D eigenvalue weighted by Gasteiger charge is -2.22. The van der Waals surface area contributed by atoms with Crippen LogP contribution in [0.25, 0.3) is 0 Å². The summed E-state index contributed by atoms with van der Waals surface area (Å²) >= 11 is 0. The lowest BCUT2D eigenvalue weighted by atomic mass is 9.84. The molecule has 2 aliphatic carbocycles. The van der Waals surface area contributed by atoms with E-state index in [0.717, 1.165) is 55.3 Å². The second-order valence-electron chi connectivity index (χ2n) is 7.57. The molecule has 4 nitrogen and oxygen atoms in total. The van der Waals surface area contributed by atoms with E-state index < -0.39 is 0 Å². The summed E-state index contributed by atoms with van der Waals surface area (Å²) in [4.78, 5) is 16.0. The molecule has 1 fully saturated rings. The Kier molecular flexibility index (Phi) is 4.28. The van der Waals surface area contributed by atoms with E-state index in [1.54, 1.807) is 0 Å². The van der Waals surface area contributed by atoms with Crippen molar-refractivity contribution in [3.63, 3.8) is 0 Å². The molecule has 1 unspecified atom stereocenters. The van der Waals surface area contributed by atoms with Crippen LogP contribution in [0.4, 0.5) is 5.69 Å². The van der Waals surface area contributed by atoms with Gasteiger partial charge in [-0.1, -0.05) is 25.0 Å². The minimum absolute atomic E-state index is 0.0667. The number of nitrogens with one attached hydrogen (secondary N) is 1. The van der Waals surface area contributed by atoms with Gasteiger partial charge >= 0.3 is 0 Å². The fraction of sp³-hybridized carbons (Fsp3) is 0.476. The Morgan fingerprint density at radius 2 is 1.88 bits per heavy atom. The third-order valence-corrected chi connectivity index (χ3v) is 5.69. The topological polar surface area (TPSA) is 79.1 Å². The Labute approximate surface area is 148 Å². The SMILES string of the molecule is Nc1cccc(C(c2c(O)c3c([nH]c2=O)CCCCCC3)C2CC2)c1. The van der Waals surface area contributed by atoms with E-state index in [2.05, 4.69) is 4.98 Å². The number of aromatic amines is 1. The summed E-state index contributed by atoms with van der Waals surface area (Å²) in [5, 5.41) is 11.1. The predicted octanol–water partition coefficient (Wildman–Crippen LogP) is 3.86. The molecule has 1 saturated carbocycles. The zero-order valence-electron chi connectivity index (χ0n) is 14.6. The van der Waals surface area contributed by atoms with Crippen molar-refractivity contribution in [3.8, 4) is 5.75 Å². The first-order chi connectivity index (χ1) is 12.1. The molecule has 0 bridgehead atoms. The van der Waals surface area contributed by atoms with E-state index in [1.165, 1.54) is 12.8 Å². The van der Waals surface area contributed by atoms with Gasteiger partial charge in [-0.2, -0.15) is 0 Å². The Morgan fingerprint density at radius 1 is 1.12 bits per heavy atom. The molecule has 4 rings (SSSR count). The number of rotatable bonds is 3. The van der Waals surface area contributed by atoms with Crippen LogP contribution in [0.5, 0.6) is 5.75 Å². The highest BCUT2D eigenvalue weighted by Gasteiger charge is 2.37. The monoisotopic (exact) mass is 338 g/mol. The summed E-state index contributed by atoms with van der Waals surface area (Å²) in [6, 6.07) is 7.75. The molecule has 1 heterocycles. The third-order valence-electron chi connectivity index (χ3n) is 5.69. The van der Waals surface area contributed by atoms with Gasteiger partial charge in [-0.15, -0.1) is 0 Å². The van der Waals surface area contributed by atoms with Crippen LogP contribution in [0.2, 0.25) is 0 Å². The average molecular weight is 338 g/mol. The minimum atomic E-state index is -0.129. The molecule has 0 aliphatic heterocycles. The molecule has 1 aromatic heterocycles. The van der Waals surface area contributed by atoms with Gasteiger partial charge in [-0.3, -0.25) is 4.79 Å². The van der Waals surface area contributed by atoms with E-state index in [-0.39, 0.29) is 17.2 Å². The van der Waals surface area contributed by atoms with Gasteiger partial charge in [-0.25, -0.2) is 0 Å². The van der Waals surface area contributed by atoms with Gasteiger partial charge in [-0.05, 0) is 62.1 Å². The number of aromatic hydroxyl groups is 1. The molecule has 4 N–H and O–H groups in total. The van der Waals surface area contributed by atoms with Gasteiger partial charge in [0.15, 0.2) is 0 Å². The fourth-order valence-corrected chi connectivity index (χ4v) is 4.28. The van der Waals surface area contributed by atoms with Crippen molar-refractivity contribution in [1.82, 2.24) is 4.98 Å². The van der Waals surface area contributed by atoms with Gasteiger partial charge in [0.25, 0.3) is 5.56 Å². The van der Waals surface area contributed by atoms with Crippen molar-refractivity contribution in [3.05, 3.63) is 57.0 Å². The normalized spacial score (nSPS) is 18.9. The number of nitrogens with two attached hydrogens (primary N) is 1. The van der Waals surface area contributed by atoms with Crippen LogP contribution in [-0.2, 0) is 12.8 Å². The smallest absolute Gasteiger partial charge is 0.255 e. The summed E-state index contributed by atoms with van der Waals surface area (Å²) in [5.74, 6) is 0.586. The van der Waals surface area contributed by atoms with E-state index in [4.69, 9.17) is 5.73 Å². The number of H-pyrrole nitrogens is 1. The standard InChI is InChI=1S/C21H26N2O2/c22-15-7-5-6-14(12-15)18(13-10-11-13)19-20(24)16-8-3-1-2-4-9-17(16)23-21(19)25/h5-7,12-13,18H,1-4,8-11,22H2,(H2,23,24,25). The number of hydrogen-bond acceptors (Lipinski definition) is 3. The van der Waals surface area contributed by atoms with Crippen LogP contribution >= 0.6 is 0 Å². The van der Waals surface area contributed by atoms with Gasteiger partial charge in [0, 0.05) is 22.9 Å². The van der Waals surface area contributed by atoms with E-state index in [1.807, 2.05) is 24.3 Å². The molecule has 2 aromatic rings. The second kappa shape index (κ2) is 6.58. The summed E-state index contributed by atoms with van der Waals surface area (Å²) in [6.45, 7) is 0. The Balaban J connectivity index is 1.85. The molecular weight excluding hydrogens is 312 g/mol. The molecule has 0 radical (unpaired) electrons. The zero-order chi connectivity index (χ0) is 17.4. The molecule has 0 spiro atoms. The van der Waals surface area contributed by atoms with Crippen molar-refractivity contribution in [2.45, 2.75) is 57.3 Å². The Hall–Kier alpha value is -2.23. The molecule has 4 heteroatoms. The number of pyridine rings is 1. The van der Waals surface area contributed by atoms with Crippen molar-refractivity contribution in [1.29, 1.82) is 0 Å². The first-order valence-corrected chi connectivity index (χ1v) is 9.47. The quantitative estimate of drug-likeness (QED) is 0.744. The first-order valence-electron chi connectivity index (χ1n) is 9.47. The van der Waals surface area contributed by atoms with Crippen LogP contribution in [0.15, 0.2) is 29.1 Å². The van der Waals surface area contributed by atoms with Gasteiger partial charge in [0.05, 0.1) is 5.56 Å². The molecule has 2 aliphatic rings. The summed E-state index contributed by atoms with van der Waals surface area (Å²) in [6.07, 6.45) is 8.41. The van der Waals surface area contributed by atoms with Crippen molar-refractivity contribution in [2.75, 3.05) is 5.73 Å². The lowest BCUT2D eigenvalue weighted by Crippen LogP contribution is -2.22. The van der Waals surface area contributed by atoms with Crippen LogP contribution in [0.3, 0.4) is 0 Å². The van der Waals surface area contributed by atoms with Crippen LogP contribution in [0.1, 0.15) is 66.8 Å². The number of nitrogen functional groups attached to an aromatic ring is 1. The zero-order valence-corrected chi connectivity index (χ0v) is 14.6. The third kappa shape index (κ3) is 3.17. The summed E-state index contributed by atoms with van der Waals surface area (Å²) < 4.78 is 0. The van der Waals surface area contributed by atoms with Crippen LogP contribution in [0, 0.1) is 5.92 Å². The average Bonchev–Trinajstić information content (AvgIpc) is 3.38. The number of fused-ring (bicyclic) bond motifs is 1. The summed E-state index contributed by atoms with van der Waals surface area (Å²) in [5.41, 5.74) is 10.0. The van der Waals surface area contributed by atoms with Crippen molar-refractivity contribution >= 4 is 5.69 Å². The number of aromatic nitrogens is 1. The predicted molar refractivity (Wildman–Crippen MR) is 100 cm³/mol. The van der Waals surface area contributed by atoms with E-state index in [9.17, 15) is 9.90 Å². The van der Waals surface area contributed by atoms with Crippen LogP contribution < -0.4 is 11.3 Å². The fourth-order valence-electron chi connectivity index (χ4n) is 4.28. The Morgan fingerprint density at radius 3 is 2.60 bits per heavy atom. The molecule has 1 atom stereocenters. The molecule has 1 aromatic carbocycles. The number of hydrogen-bond donors (Lipinski definition) is 3. The maximum absolute atomic E-state index is 12.9. The molecule has 0 saturated heterocycles. The molecule has 0 amide bonds. The lowest BCUT2D eigenvalue weighted by molar-refractivity contribution is 0.444. The second-order valence-corrected chi connectivity index (χ2v) is 7.57. The number of aryl methyl sites for hydroxylation is 1. The van der Waals surface area contributed by atoms with Gasteiger partial charge < -0.3 is 15.8 Å². The van der Waals surface area contributed by atoms with Crippen molar-refractivity contribution in [2.24, 2.45) is 5.92 Å². The highest BCUT2D eigenvalue weighted by Crippen LogP contribution is 2.48. The van der Waals surface area contributed by atoms with E-state index >= 15 is 0 Å². The highest BCUT2D eigenvalue weighted by molar-refractivity contribution is 5.51. The first kappa shape index (κ1) is 16.2. The highest BCUT2D eigenvalue weighted by atomic mass is 16.3. The van der Waals surface area contributed by atoms with Gasteiger partial charge in [0.2, 0.25) is 0 Å². The molecular formula is C21H26N2O2. The van der Waals surface area contributed by atoms with E-state index in [0.29, 0.717) is 17.2 Å². The van der Waals surface area contributed by atoms with Crippen molar-refractivity contribution < 1.29 is 5.11 Å². The maximum atomic E-state index is 12.9. The number of anilines is 1. The Bertz CT molecular complexity index is 836. The largest absolute Gasteiger partial charge is 0.507 e. The van der Waals surface area contributed by atoms with Gasteiger partial charge in [0.1, 0.15) is 5.75 Å². The number of benzene rings is 1. The molecule has 132 valence electrons.